The van der Waals surface area contributed by atoms with E-state index in [1.807, 2.05) is 12.1 Å². The maximum atomic E-state index is 12.8. The molecule has 3 nitrogen and oxygen atoms in total. The van der Waals surface area contributed by atoms with Crippen LogP contribution in [0, 0.1) is 5.82 Å². The first kappa shape index (κ1) is 15.2. The highest BCUT2D eigenvalue weighted by atomic mass is 19.1. The molecule has 0 bridgehead atoms. The molecule has 2 aromatic carbocycles. The highest BCUT2D eigenvalue weighted by molar-refractivity contribution is 5.89. The zero-order valence-electron chi connectivity index (χ0n) is 11.8. The summed E-state index contributed by atoms with van der Waals surface area (Å²) in [5.41, 5.74) is 2.41. The van der Waals surface area contributed by atoms with Gasteiger partial charge in [0.05, 0.1) is 25.4 Å². The van der Waals surface area contributed by atoms with Crippen LogP contribution in [0.3, 0.4) is 0 Å². The van der Waals surface area contributed by atoms with Crippen molar-refractivity contribution in [2.24, 2.45) is 0 Å². The van der Waals surface area contributed by atoms with E-state index in [-0.39, 0.29) is 11.8 Å². The van der Waals surface area contributed by atoms with Crippen LogP contribution in [0.1, 0.15) is 28.4 Å². The van der Waals surface area contributed by atoms with Crippen molar-refractivity contribution in [2.45, 2.75) is 20.1 Å². The Kier molecular flexibility index (Phi) is 5.46. The normalized spacial score (nSPS) is 10.4. The first-order valence-electron chi connectivity index (χ1n) is 6.77. The monoisotopic (exact) mass is 288 g/mol. The Morgan fingerprint density at radius 1 is 0.952 bits per heavy atom. The van der Waals surface area contributed by atoms with E-state index in [4.69, 9.17) is 9.47 Å². The van der Waals surface area contributed by atoms with Gasteiger partial charge in [-0.25, -0.2) is 9.18 Å². The van der Waals surface area contributed by atoms with Crippen molar-refractivity contribution in [1.29, 1.82) is 0 Å². The van der Waals surface area contributed by atoms with Gasteiger partial charge >= 0.3 is 5.97 Å². The summed E-state index contributed by atoms with van der Waals surface area (Å²) >= 11 is 0. The van der Waals surface area contributed by atoms with Crippen LogP contribution in [0.2, 0.25) is 0 Å². The van der Waals surface area contributed by atoms with Gasteiger partial charge in [0.25, 0.3) is 0 Å². The number of ether oxygens (including phenoxy) is 2. The van der Waals surface area contributed by atoms with Gasteiger partial charge in [0.1, 0.15) is 5.82 Å². The van der Waals surface area contributed by atoms with Gasteiger partial charge in [-0.2, -0.15) is 0 Å². The molecule has 0 aliphatic heterocycles. The van der Waals surface area contributed by atoms with E-state index in [0.29, 0.717) is 25.4 Å². The second-order valence-electron chi connectivity index (χ2n) is 4.54. The molecule has 0 N–H and O–H groups in total. The SMILES string of the molecule is CCOC(=O)c1ccc(COCc2ccc(F)cc2)cc1. The van der Waals surface area contributed by atoms with E-state index in [2.05, 4.69) is 0 Å². The van der Waals surface area contributed by atoms with Gasteiger partial charge in [0.2, 0.25) is 0 Å². The maximum Gasteiger partial charge on any atom is 0.338 e. The molecule has 0 aromatic heterocycles. The smallest absolute Gasteiger partial charge is 0.338 e. The van der Waals surface area contributed by atoms with Crippen molar-refractivity contribution in [3.8, 4) is 0 Å². The van der Waals surface area contributed by atoms with Gasteiger partial charge in [-0.15, -0.1) is 0 Å². The topological polar surface area (TPSA) is 35.5 Å². The lowest BCUT2D eigenvalue weighted by atomic mass is 10.1. The predicted molar refractivity (Wildman–Crippen MR) is 77.3 cm³/mol. The average molecular weight is 288 g/mol. The van der Waals surface area contributed by atoms with E-state index in [0.717, 1.165) is 11.1 Å². The molecule has 0 heterocycles. The van der Waals surface area contributed by atoms with Gasteiger partial charge < -0.3 is 9.47 Å². The first-order chi connectivity index (χ1) is 10.2. The van der Waals surface area contributed by atoms with Gasteiger partial charge in [-0.05, 0) is 42.3 Å². The van der Waals surface area contributed by atoms with Gasteiger partial charge in [-0.3, -0.25) is 0 Å². The Morgan fingerprint density at radius 3 is 2.00 bits per heavy atom. The zero-order chi connectivity index (χ0) is 15.1. The number of esters is 1. The lowest BCUT2D eigenvalue weighted by Crippen LogP contribution is -2.04. The van der Waals surface area contributed by atoms with E-state index >= 15 is 0 Å². The minimum Gasteiger partial charge on any atom is -0.462 e. The molecule has 2 rings (SSSR count). The number of carbonyl (C=O) groups excluding carboxylic acids is 1. The Bertz CT molecular complexity index is 576. The van der Waals surface area contributed by atoms with E-state index in [9.17, 15) is 9.18 Å². The van der Waals surface area contributed by atoms with Crippen molar-refractivity contribution in [1.82, 2.24) is 0 Å². The Labute approximate surface area is 123 Å². The minimum absolute atomic E-state index is 0.256. The molecule has 0 saturated heterocycles. The molecule has 0 radical (unpaired) electrons. The number of hydrogen-bond acceptors (Lipinski definition) is 3. The van der Waals surface area contributed by atoms with Crippen LogP contribution in [0.15, 0.2) is 48.5 Å². The lowest BCUT2D eigenvalue weighted by Gasteiger charge is -2.06. The van der Waals surface area contributed by atoms with Crippen LogP contribution in [-0.2, 0) is 22.7 Å². The molecule has 2 aromatic rings. The summed E-state index contributed by atoms with van der Waals surface area (Å²) in [4.78, 5) is 11.5. The summed E-state index contributed by atoms with van der Waals surface area (Å²) in [5, 5.41) is 0. The van der Waals surface area contributed by atoms with E-state index < -0.39 is 0 Å². The fourth-order valence-electron chi connectivity index (χ4n) is 1.82. The predicted octanol–water partition coefficient (Wildman–Crippen LogP) is 3.72. The van der Waals surface area contributed by atoms with Crippen molar-refractivity contribution >= 4 is 5.97 Å². The molecule has 0 atom stereocenters. The summed E-state index contributed by atoms with van der Waals surface area (Å²) in [6.45, 7) is 2.98. The van der Waals surface area contributed by atoms with Crippen molar-refractivity contribution < 1.29 is 18.7 Å². The summed E-state index contributed by atoms with van der Waals surface area (Å²) in [6.07, 6.45) is 0. The van der Waals surface area contributed by atoms with Gasteiger partial charge in [0, 0.05) is 0 Å². The van der Waals surface area contributed by atoms with Crippen molar-refractivity contribution in [3.63, 3.8) is 0 Å². The molecule has 0 amide bonds. The number of hydrogen-bond donors (Lipinski definition) is 0. The standard InChI is InChI=1S/C17H17FO3/c1-2-21-17(19)15-7-3-13(4-8-15)11-20-12-14-5-9-16(18)10-6-14/h3-10H,2,11-12H2,1H3. The maximum absolute atomic E-state index is 12.8. The second kappa shape index (κ2) is 7.55. The van der Waals surface area contributed by atoms with Crippen LogP contribution in [0.4, 0.5) is 4.39 Å². The fourth-order valence-corrected chi connectivity index (χ4v) is 1.82. The third kappa shape index (κ3) is 4.68. The van der Waals surface area contributed by atoms with Crippen LogP contribution in [0.25, 0.3) is 0 Å². The van der Waals surface area contributed by atoms with Crippen LogP contribution < -0.4 is 0 Å². The Morgan fingerprint density at radius 2 is 1.48 bits per heavy atom. The zero-order valence-corrected chi connectivity index (χ0v) is 11.8. The quantitative estimate of drug-likeness (QED) is 0.760. The molecular formula is C17H17FO3. The van der Waals surface area contributed by atoms with Gasteiger partial charge in [0.15, 0.2) is 0 Å². The number of rotatable bonds is 6. The van der Waals surface area contributed by atoms with Gasteiger partial charge in [-0.1, -0.05) is 24.3 Å². The van der Waals surface area contributed by atoms with Crippen molar-refractivity contribution in [2.75, 3.05) is 6.61 Å². The summed E-state index contributed by atoms with van der Waals surface area (Å²) in [7, 11) is 0. The van der Waals surface area contributed by atoms with Crippen LogP contribution in [0.5, 0.6) is 0 Å². The third-order valence-corrected chi connectivity index (χ3v) is 2.92. The van der Waals surface area contributed by atoms with Crippen LogP contribution in [-0.4, -0.2) is 12.6 Å². The first-order valence-corrected chi connectivity index (χ1v) is 6.77. The van der Waals surface area contributed by atoms with E-state index in [1.165, 1.54) is 12.1 Å². The molecule has 0 unspecified atom stereocenters. The summed E-state index contributed by atoms with van der Waals surface area (Å²) in [5.74, 6) is -0.579. The molecule has 0 aliphatic rings. The molecule has 0 aliphatic carbocycles. The number of benzene rings is 2. The number of carbonyl (C=O) groups is 1. The Hall–Kier alpha value is -2.20. The minimum atomic E-state index is -0.323. The molecule has 0 saturated carbocycles. The average Bonchev–Trinajstić information content (AvgIpc) is 2.50. The largest absolute Gasteiger partial charge is 0.462 e. The molecule has 0 spiro atoms. The molecule has 0 fully saturated rings. The molecule has 110 valence electrons. The third-order valence-electron chi connectivity index (χ3n) is 2.92. The summed E-state index contributed by atoms with van der Waals surface area (Å²) < 4.78 is 23.2. The fraction of sp³-hybridized carbons (Fsp3) is 0.235. The molecule has 21 heavy (non-hydrogen) atoms. The highest BCUT2D eigenvalue weighted by Crippen LogP contribution is 2.09. The Balaban J connectivity index is 1.83. The lowest BCUT2D eigenvalue weighted by molar-refractivity contribution is 0.0526. The number of halogens is 1. The summed E-state index contributed by atoms with van der Waals surface area (Å²) in [6, 6.07) is 13.3. The molecule has 4 heteroatoms. The van der Waals surface area contributed by atoms with Crippen molar-refractivity contribution in [3.05, 3.63) is 71.0 Å². The highest BCUT2D eigenvalue weighted by Gasteiger charge is 2.05. The van der Waals surface area contributed by atoms with E-state index in [1.54, 1.807) is 31.2 Å². The second-order valence-corrected chi connectivity index (χ2v) is 4.54. The molecular weight excluding hydrogens is 271 g/mol. The van der Waals surface area contributed by atoms with Crippen LogP contribution >= 0.6 is 0 Å².